The second kappa shape index (κ2) is 5.21. The number of nitrogens with two attached hydrogens (primary N) is 1. The van der Waals surface area contributed by atoms with Crippen LogP contribution in [0.25, 0.3) is 0 Å². The van der Waals surface area contributed by atoms with Crippen LogP contribution in [0.2, 0.25) is 0 Å². The van der Waals surface area contributed by atoms with Crippen molar-refractivity contribution in [1.29, 1.82) is 0 Å². The lowest BCUT2D eigenvalue weighted by Gasteiger charge is -2.27. The summed E-state index contributed by atoms with van der Waals surface area (Å²) in [6, 6.07) is 5.77. The van der Waals surface area contributed by atoms with E-state index >= 15 is 0 Å². The molecule has 0 bridgehead atoms. The van der Waals surface area contributed by atoms with E-state index in [1.54, 1.807) is 0 Å². The van der Waals surface area contributed by atoms with E-state index in [4.69, 9.17) is 5.73 Å². The van der Waals surface area contributed by atoms with Crippen molar-refractivity contribution in [1.82, 2.24) is 4.90 Å². The Hall–Kier alpha value is -1.51. The molecule has 0 atom stereocenters. The van der Waals surface area contributed by atoms with Crippen LogP contribution in [0.4, 0.5) is 5.69 Å². The van der Waals surface area contributed by atoms with Crippen molar-refractivity contribution < 1.29 is 4.79 Å². The lowest BCUT2D eigenvalue weighted by molar-refractivity contribution is 0.0725. The highest BCUT2D eigenvalue weighted by atomic mass is 16.2. The average molecular weight is 232 g/mol. The maximum absolute atomic E-state index is 12.3. The predicted molar refractivity (Wildman–Crippen MR) is 70.0 cm³/mol. The van der Waals surface area contributed by atoms with Crippen LogP contribution in [0, 0.1) is 0 Å². The van der Waals surface area contributed by atoms with Gasteiger partial charge >= 0.3 is 0 Å². The van der Waals surface area contributed by atoms with E-state index in [-0.39, 0.29) is 5.91 Å². The van der Waals surface area contributed by atoms with E-state index in [0.29, 0.717) is 11.3 Å². The minimum Gasteiger partial charge on any atom is -0.398 e. The average Bonchev–Trinajstić information content (AvgIpc) is 2.39. The van der Waals surface area contributed by atoms with Crippen molar-refractivity contribution in [3.63, 3.8) is 0 Å². The molecule has 3 heteroatoms. The van der Waals surface area contributed by atoms with Crippen molar-refractivity contribution in [3.8, 4) is 0 Å². The minimum atomic E-state index is 0.0878. The second-order valence-corrected chi connectivity index (χ2v) is 4.63. The molecule has 1 aromatic carbocycles. The number of nitrogen functional groups attached to an aromatic ring is 1. The Kier molecular flexibility index (Phi) is 3.67. The number of piperidine rings is 1. The molecule has 92 valence electrons. The molecular weight excluding hydrogens is 212 g/mol. The highest BCUT2D eigenvalue weighted by molar-refractivity contribution is 5.99. The summed E-state index contributed by atoms with van der Waals surface area (Å²) < 4.78 is 0. The van der Waals surface area contributed by atoms with E-state index in [2.05, 4.69) is 6.92 Å². The Morgan fingerprint density at radius 1 is 1.29 bits per heavy atom. The van der Waals surface area contributed by atoms with Gasteiger partial charge in [-0.3, -0.25) is 4.79 Å². The third kappa shape index (κ3) is 2.60. The molecule has 0 radical (unpaired) electrons. The first-order valence-electron chi connectivity index (χ1n) is 6.40. The first kappa shape index (κ1) is 12.0. The molecule has 2 rings (SSSR count). The van der Waals surface area contributed by atoms with Crippen LogP contribution in [0.1, 0.15) is 42.1 Å². The molecule has 0 unspecified atom stereocenters. The van der Waals surface area contributed by atoms with Crippen LogP contribution >= 0.6 is 0 Å². The number of benzene rings is 1. The molecule has 0 saturated carbocycles. The molecule has 2 N–H and O–H groups in total. The third-order valence-electron chi connectivity index (χ3n) is 3.40. The van der Waals surface area contributed by atoms with Gasteiger partial charge in [0, 0.05) is 18.8 Å². The quantitative estimate of drug-likeness (QED) is 0.796. The molecule has 1 aromatic rings. The zero-order valence-electron chi connectivity index (χ0n) is 10.4. The van der Waals surface area contributed by atoms with Crippen LogP contribution < -0.4 is 5.73 Å². The molecule has 0 spiro atoms. The lowest BCUT2D eigenvalue weighted by Crippen LogP contribution is -2.35. The number of aryl methyl sites for hydroxylation is 1. The van der Waals surface area contributed by atoms with E-state index in [0.717, 1.165) is 32.4 Å². The molecule has 17 heavy (non-hydrogen) atoms. The number of likely N-dealkylation sites (tertiary alicyclic amines) is 1. The van der Waals surface area contributed by atoms with Gasteiger partial charge in [0.15, 0.2) is 0 Å². The van der Waals surface area contributed by atoms with Crippen LogP contribution in [0.3, 0.4) is 0 Å². The number of hydrogen-bond acceptors (Lipinski definition) is 2. The fourth-order valence-electron chi connectivity index (χ4n) is 2.29. The highest BCUT2D eigenvalue weighted by Crippen LogP contribution is 2.19. The van der Waals surface area contributed by atoms with Crippen molar-refractivity contribution in [2.24, 2.45) is 0 Å². The second-order valence-electron chi connectivity index (χ2n) is 4.63. The highest BCUT2D eigenvalue weighted by Gasteiger charge is 2.19. The fraction of sp³-hybridized carbons (Fsp3) is 0.500. The zero-order chi connectivity index (χ0) is 12.3. The molecule has 3 nitrogen and oxygen atoms in total. The summed E-state index contributed by atoms with van der Waals surface area (Å²) in [5, 5.41) is 0. The Labute approximate surface area is 103 Å². The maximum atomic E-state index is 12.3. The molecule has 1 fully saturated rings. The molecule has 0 aliphatic carbocycles. The molecular formula is C14H20N2O. The summed E-state index contributed by atoms with van der Waals surface area (Å²) in [6.07, 6.45) is 4.40. The summed E-state index contributed by atoms with van der Waals surface area (Å²) in [7, 11) is 0. The summed E-state index contributed by atoms with van der Waals surface area (Å²) in [4.78, 5) is 14.2. The first-order valence-corrected chi connectivity index (χ1v) is 6.40. The Morgan fingerprint density at radius 2 is 2.00 bits per heavy atom. The third-order valence-corrected chi connectivity index (χ3v) is 3.40. The van der Waals surface area contributed by atoms with Crippen LogP contribution in [0.15, 0.2) is 18.2 Å². The molecule has 1 aliphatic rings. The number of amides is 1. The molecule has 1 amide bonds. The van der Waals surface area contributed by atoms with Gasteiger partial charge in [0.1, 0.15) is 0 Å². The van der Waals surface area contributed by atoms with Gasteiger partial charge in [0.2, 0.25) is 0 Å². The van der Waals surface area contributed by atoms with Crippen molar-refractivity contribution in [2.45, 2.75) is 32.6 Å². The smallest absolute Gasteiger partial charge is 0.255 e. The standard InChI is InChI=1S/C14H20N2O/c1-2-11-6-7-12(13(15)10-11)14(17)16-8-4-3-5-9-16/h6-7,10H,2-5,8-9,15H2,1H3. The van der Waals surface area contributed by atoms with Gasteiger partial charge in [-0.25, -0.2) is 0 Å². The summed E-state index contributed by atoms with van der Waals surface area (Å²) >= 11 is 0. The van der Waals surface area contributed by atoms with Crippen LogP contribution in [-0.2, 0) is 6.42 Å². The van der Waals surface area contributed by atoms with Gasteiger partial charge in [-0.15, -0.1) is 0 Å². The van der Waals surface area contributed by atoms with Gasteiger partial charge in [0.25, 0.3) is 5.91 Å². The summed E-state index contributed by atoms with van der Waals surface area (Å²) in [5.74, 6) is 0.0878. The van der Waals surface area contributed by atoms with Gasteiger partial charge in [-0.2, -0.15) is 0 Å². The molecule has 1 heterocycles. The van der Waals surface area contributed by atoms with E-state index in [1.807, 2.05) is 23.1 Å². The Bertz CT molecular complexity index is 409. The number of hydrogen-bond donors (Lipinski definition) is 1. The molecule has 1 saturated heterocycles. The normalized spacial score (nSPS) is 15.9. The Balaban J connectivity index is 2.18. The number of nitrogens with zero attached hydrogens (tertiary/aromatic N) is 1. The largest absolute Gasteiger partial charge is 0.398 e. The number of anilines is 1. The first-order chi connectivity index (χ1) is 8.22. The number of carbonyl (C=O) groups excluding carboxylic acids is 1. The van der Waals surface area contributed by atoms with Crippen molar-refractivity contribution >= 4 is 11.6 Å². The van der Waals surface area contributed by atoms with Crippen molar-refractivity contribution in [3.05, 3.63) is 29.3 Å². The number of rotatable bonds is 2. The molecule has 1 aliphatic heterocycles. The minimum absolute atomic E-state index is 0.0878. The monoisotopic (exact) mass is 232 g/mol. The van der Waals surface area contributed by atoms with Crippen LogP contribution in [0.5, 0.6) is 0 Å². The number of carbonyl (C=O) groups is 1. The van der Waals surface area contributed by atoms with Gasteiger partial charge in [0.05, 0.1) is 5.56 Å². The summed E-state index contributed by atoms with van der Waals surface area (Å²) in [6.45, 7) is 3.82. The van der Waals surface area contributed by atoms with Gasteiger partial charge in [-0.05, 0) is 43.4 Å². The van der Waals surface area contributed by atoms with E-state index in [1.165, 1.54) is 12.0 Å². The van der Waals surface area contributed by atoms with Gasteiger partial charge < -0.3 is 10.6 Å². The fourth-order valence-corrected chi connectivity index (χ4v) is 2.29. The van der Waals surface area contributed by atoms with Gasteiger partial charge in [-0.1, -0.05) is 13.0 Å². The predicted octanol–water partition coefficient (Wildman–Crippen LogP) is 2.46. The van der Waals surface area contributed by atoms with E-state index in [9.17, 15) is 4.79 Å². The molecule has 0 aromatic heterocycles. The zero-order valence-corrected chi connectivity index (χ0v) is 10.4. The van der Waals surface area contributed by atoms with Crippen LogP contribution in [-0.4, -0.2) is 23.9 Å². The topological polar surface area (TPSA) is 46.3 Å². The summed E-state index contributed by atoms with van der Waals surface area (Å²) in [5.41, 5.74) is 8.40. The lowest BCUT2D eigenvalue weighted by atomic mass is 10.0. The van der Waals surface area contributed by atoms with Crippen molar-refractivity contribution in [2.75, 3.05) is 18.8 Å². The maximum Gasteiger partial charge on any atom is 0.255 e. The SMILES string of the molecule is CCc1ccc(C(=O)N2CCCCC2)c(N)c1. The van der Waals surface area contributed by atoms with E-state index < -0.39 is 0 Å². The Morgan fingerprint density at radius 3 is 2.59 bits per heavy atom.